The number of rotatable bonds is 6. The average Bonchev–Trinajstić information content (AvgIpc) is 2.68. The number of hydrogen-bond donors (Lipinski definition) is 1. The summed E-state index contributed by atoms with van der Waals surface area (Å²) in [5.74, 6) is -0.306. The lowest BCUT2D eigenvalue weighted by Crippen LogP contribution is -2.43. The van der Waals surface area contributed by atoms with Gasteiger partial charge in [0, 0.05) is 30.1 Å². The minimum atomic E-state index is -4.34. The third-order valence-electron chi connectivity index (χ3n) is 4.72. The van der Waals surface area contributed by atoms with Crippen LogP contribution in [0, 0.1) is 6.92 Å². The van der Waals surface area contributed by atoms with Crippen molar-refractivity contribution in [2.75, 3.05) is 32.8 Å². The Morgan fingerprint density at radius 2 is 1.86 bits per heavy atom. The Morgan fingerprint density at radius 3 is 2.48 bits per heavy atom. The van der Waals surface area contributed by atoms with E-state index in [9.17, 15) is 18.0 Å². The Kier molecular flexibility index (Phi) is 7.21. The van der Waals surface area contributed by atoms with Crippen LogP contribution in [0.5, 0.6) is 0 Å². The SMILES string of the molecule is Cc1cccc(C(CNC(=O)c2ccc(SC(F)(F)F)cc2)N2CCOCC2)c1. The number of carbonyl (C=O) groups is 1. The topological polar surface area (TPSA) is 41.6 Å². The van der Waals surface area contributed by atoms with E-state index in [1.807, 2.05) is 25.1 Å². The highest BCUT2D eigenvalue weighted by Crippen LogP contribution is 2.36. The van der Waals surface area contributed by atoms with E-state index in [4.69, 9.17) is 4.74 Å². The molecule has 3 rings (SSSR count). The largest absolute Gasteiger partial charge is 0.446 e. The zero-order valence-corrected chi connectivity index (χ0v) is 16.9. The van der Waals surface area contributed by atoms with Crippen molar-refractivity contribution in [3.8, 4) is 0 Å². The molecule has 0 aliphatic carbocycles. The fourth-order valence-corrected chi connectivity index (χ4v) is 3.86. The molecular weight excluding hydrogens is 401 g/mol. The van der Waals surface area contributed by atoms with Crippen LogP contribution >= 0.6 is 11.8 Å². The molecule has 2 aromatic carbocycles. The van der Waals surface area contributed by atoms with Gasteiger partial charge in [0.15, 0.2) is 0 Å². The second-order valence-corrected chi connectivity index (χ2v) is 8.00. The normalized spacial score (nSPS) is 16.4. The zero-order chi connectivity index (χ0) is 20.9. The Bertz CT molecular complexity index is 821. The highest BCUT2D eigenvalue weighted by molar-refractivity contribution is 8.00. The molecule has 1 atom stereocenters. The summed E-state index contributed by atoms with van der Waals surface area (Å²) in [5, 5.41) is 2.93. The smallest absolute Gasteiger partial charge is 0.379 e. The Labute approximate surface area is 172 Å². The average molecular weight is 424 g/mol. The molecule has 4 nitrogen and oxygen atoms in total. The maximum absolute atomic E-state index is 12.5. The van der Waals surface area contributed by atoms with Gasteiger partial charge in [-0.15, -0.1) is 0 Å². The predicted molar refractivity (Wildman–Crippen MR) is 107 cm³/mol. The molecule has 1 fully saturated rings. The Hall–Kier alpha value is -2.03. The first-order valence-electron chi connectivity index (χ1n) is 9.34. The number of ether oxygens (including phenoxy) is 1. The molecule has 1 aliphatic rings. The molecule has 1 unspecified atom stereocenters. The monoisotopic (exact) mass is 424 g/mol. The number of thioether (sulfide) groups is 1. The fraction of sp³-hybridized carbons (Fsp3) is 0.381. The van der Waals surface area contributed by atoms with Gasteiger partial charge in [0.05, 0.1) is 19.3 Å². The van der Waals surface area contributed by atoms with Crippen LogP contribution in [0.4, 0.5) is 13.2 Å². The van der Waals surface area contributed by atoms with E-state index in [-0.39, 0.29) is 28.6 Å². The van der Waals surface area contributed by atoms with Crippen LogP contribution in [-0.2, 0) is 4.74 Å². The Balaban J connectivity index is 1.67. The van der Waals surface area contributed by atoms with Gasteiger partial charge in [-0.1, -0.05) is 29.8 Å². The van der Waals surface area contributed by atoms with Gasteiger partial charge in [-0.3, -0.25) is 9.69 Å². The fourth-order valence-electron chi connectivity index (χ4n) is 3.32. The number of benzene rings is 2. The number of morpholine rings is 1. The summed E-state index contributed by atoms with van der Waals surface area (Å²) in [6.07, 6.45) is 0. The van der Waals surface area contributed by atoms with Crippen LogP contribution in [0.1, 0.15) is 27.5 Å². The van der Waals surface area contributed by atoms with Crippen LogP contribution in [0.15, 0.2) is 53.4 Å². The predicted octanol–water partition coefficient (Wildman–Crippen LogP) is 4.41. The number of alkyl halides is 3. The molecule has 0 saturated carbocycles. The van der Waals surface area contributed by atoms with E-state index in [0.29, 0.717) is 25.3 Å². The standard InChI is InChI=1S/C21H23F3N2O2S/c1-15-3-2-4-17(13-15)19(26-9-11-28-12-10-26)14-25-20(27)16-5-7-18(8-6-16)29-21(22,23)24/h2-8,13,19H,9-12,14H2,1H3,(H,25,27). The first-order chi connectivity index (χ1) is 13.8. The van der Waals surface area contributed by atoms with Crippen molar-refractivity contribution in [3.05, 3.63) is 65.2 Å². The van der Waals surface area contributed by atoms with E-state index < -0.39 is 5.51 Å². The summed E-state index contributed by atoms with van der Waals surface area (Å²) >= 11 is -0.193. The van der Waals surface area contributed by atoms with Crippen LogP contribution in [0.25, 0.3) is 0 Å². The van der Waals surface area contributed by atoms with Gasteiger partial charge in [0.2, 0.25) is 0 Å². The second-order valence-electron chi connectivity index (χ2n) is 6.86. The lowest BCUT2D eigenvalue weighted by molar-refractivity contribution is -0.0328. The zero-order valence-electron chi connectivity index (χ0n) is 16.0. The molecule has 29 heavy (non-hydrogen) atoms. The van der Waals surface area contributed by atoms with E-state index in [1.54, 1.807) is 0 Å². The molecule has 0 spiro atoms. The van der Waals surface area contributed by atoms with Crippen molar-refractivity contribution in [1.82, 2.24) is 10.2 Å². The third-order valence-corrected chi connectivity index (χ3v) is 5.46. The number of hydrogen-bond acceptors (Lipinski definition) is 4. The first kappa shape index (κ1) is 21.7. The summed E-state index contributed by atoms with van der Waals surface area (Å²) in [6.45, 7) is 5.28. The minimum Gasteiger partial charge on any atom is -0.379 e. The van der Waals surface area contributed by atoms with Gasteiger partial charge < -0.3 is 10.1 Å². The molecule has 2 aromatic rings. The molecule has 156 valence electrons. The second kappa shape index (κ2) is 9.65. The molecular formula is C21H23F3N2O2S. The maximum Gasteiger partial charge on any atom is 0.446 e. The number of nitrogens with one attached hydrogen (secondary N) is 1. The van der Waals surface area contributed by atoms with Crippen molar-refractivity contribution in [2.45, 2.75) is 23.4 Å². The van der Waals surface area contributed by atoms with Gasteiger partial charge in [-0.2, -0.15) is 13.2 Å². The Morgan fingerprint density at radius 1 is 1.17 bits per heavy atom. The van der Waals surface area contributed by atoms with Crippen molar-refractivity contribution in [1.29, 1.82) is 0 Å². The number of aryl methyl sites for hydroxylation is 1. The van der Waals surface area contributed by atoms with Crippen LogP contribution in [0.3, 0.4) is 0 Å². The van der Waals surface area contributed by atoms with Gasteiger partial charge in [0.25, 0.3) is 5.91 Å². The van der Waals surface area contributed by atoms with E-state index in [2.05, 4.69) is 16.3 Å². The molecule has 1 amide bonds. The molecule has 1 N–H and O–H groups in total. The third kappa shape index (κ3) is 6.48. The summed E-state index contributed by atoms with van der Waals surface area (Å²) < 4.78 is 42.8. The number of nitrogens with zero attached hydrogens (tertiary/aromatic N) is 1. The quantitative estimate of drug-likeness (QED) is 0.698. The van der Waals surface area contributed by atoms with Crippen molar-refractivity contribution < 1.29 is 22.7 Å². The van der Waals surface area contributed by atoms with Crippen molar-refractivity contribution in [2.24, 2.45) is 0 Å². The van der Waals surface area contributed by atoms with Crippen LogP contribution in [-0.4, -0.2) is 49.2 Å². The summed E-state index contributed by atoms with van der Waals surface area (Å²) in [4.78, 5) is 14.9. The minimum absolute atomic E-state index is 0.00260. The van der Waals surface area contributed by atoms with E-state index >= 15 is 0 Å². The highest BCUT2D eigenvalue weighted by Gasteiger charge is 2.29. The van der Waals surface area contributed by atoms with Crippen molar-refractivity contribution in [3.63, 3.8) is 0 Å². The van der Waals surface area contributed by atoms with Gasteiger partial charge in [-0.25, -0.2) is 0 Å². The van der Waals surface area contributed by atoms with E-state index in [1.165, 1.54) is 24.3 Å². The summed E-state index contributed by atoms with van der Waals surface area (Å²) in [6, 6.07) is 13.6. The summed E-state index contributed by atoms with van der Waals surface area (Å²) in [7, 11) is 0. The van der Waals surface area contributed by atoms with Crippen LogP contribution in [0.2, 0.25) is 0 Å². The molecule has 0 aromatic heterocycles. The number of carbonyl (C=O) groups excluding carboxylic acids is 1. The molecule has 0 radical (unpaired) electrons. The number of amides is 1. The molecule has 1 heterocycles. The summed E-state index contributed by atoms with van der Waals surface area (Å²) in [5.41, 5.74) is -1.75. The van der Waals surface area contributed by atoms with Gasteiger partial charge >= 0.3 is 5.51 Å². The van der Waals surface area contributed by atoms with Gasteiger partial charge in [-0.05, 0) is 48.5 Å². The number of halogens is 3. The van der Waals surface area contributed by atoms with Gasteiger partial charge in [0.1, 0.15) is 0 Å². The lowest BCUT2D eigenvalue weighted by atomic mass is 10.0. The molecule has 1 saturated heterocycles. The molecule has 0 bridgehead atoms. The van der Waals surface area contributed by atoms with E-state index in [0.717, 1.165) is 24.2 Å². The molecule has 8 heteroatoms. The first-order valence-corrected chi connectivity index (χ1v) is 10.2. The van der Waals surface area contributed by atoms with Crippen LogP contribution < -0.4 is 5.32 Å². The maximum atomic E-state index is 12.5. The lowest BCUT2D eigenvalue weighted by Gasteiger charge is -2.35. The highest BCUT2D eigenvalue weighted by atomic mass is 32.2. The van der Waals surface area contributed by atoms with Crippen molar-refractivity contribution >= 4 is 17.7 Å². The molecule has 1 aliphatic heterocycles.